The van der Waals surface area contributed by atoms with Crippen LogP contribution in [0, 0.1) is 0 Å². The van der Waals surface area contributed by atoms with Crippen LogP contribution in [0.1, 0.15) is 17.4 Å². The van der Waals surface area contributed by atoms with Crippen LogP contribution in [0.5, 0.6) is 5.75 Å². The van der Waals surface area contributed by atoms with Gasteiger partial charge in [-0.25, -0.2) is 0 Å². The topological polar surface area (TPSA) is 46.4 Å². The molecule has 0 bridgehead atoms. The molecule has 0 amide bonds. The molecule has 0 unspecified atom stereocenters. The van der Waals surface area contributed by atoms with E-state index in [1.165, 1.54) is 12.1 Å². The summed E-state index contributed by atoms with van der Waals surface area (Å²) in [6.45, 7) is -2.85. The summed E-state index contributed by atoms with van der Waals surface area (Å²) in [7, 11) is 0. The Hall–Kier alpha value is -2.93. The van der Waals surface area contributed by atoms with Crippen molar-refractivity contribution < 1.29 is 17.9 Å². The molecule has 2 N–H and O–H groups in total. The van der Waals surface area contributed by atoms with Gasteiger partial charge >= 0.3 is 6.61 Å². The van der Waals surface area contributed by atoms with E-state index in [4.69, 9.17) is 16.6 Å². The quantitative estimate of drug-likeness (QED) is 0.598. The lowest BCUT2D eigenvalue weighted by Crippen LogP contribution is -2.32. The van der Waals surface area contributed by atoms with Crippen molar-refractivity contribution >= 4 is 23.0 Å². The summed E-state index contributed by atoms with van der Waals surface area (Å²) >= 11 is 5.37. The van der Waals surface area contributed by atoms with E-state index in [1.807, 2.05) is 42.5 Å². The number of thiocarbonyl (C=S) groups is 1. The van der Waals surface area contributed by atoms with Gasteiger partial charge in [0.2, 0.25) is 0 Å². The number of hydrogen-bond acceptors (Lipinski definition) is 3. The average Bonchev–Trinajstić information content (AvgIpc) is 3.16. The minimum absolute atomic E-state index is 0.0853. The molecule has 26 heavy (non-hydrogen) atoms. The summed E-state index contributed by atoms with van der Waals surface area (Å²) in [5.41, 5.74) is 1.64. The highest BCUT2D eigenvalue weighted by Gasteiger charge is 2.17. The number of furan rings is 1. The van der Waals surface area contributed by atoms with E-state index in [-0.39, 0.29) is 11.8 Å². The van der Waals surface area contributed by atoms with Crippen molar-refractivity contribution in [3.8, 4) is 5.75 Å². The SMILES string of the molecule is FC(F)Oc1ccc(NC(=S)N[C@@H](c2ccccc2)c2ccco2)cc1. The van der Waals surface area contributed by atoms with E-state index in [2.05, 4.69) is 15.4 Å². The molecule has 0 aliphatic rings. The number of halogens is 2. The summed E-state index contributed by atoms with van der Waals surface area (Å²) < 4.78 is 34.2. The highest BCUT2D eigenvalue weighted by atomic mass is 32.1. The molecule has 0 radical (unpaired) electrons. The zero-order chi connectivity index (χ0) is 18.4. The van der Waals surface area contributed by atoms with Gasteiger partial charge in [-0.2, -0.15) is 8.78 Å². The average molecular weight is 374 g/mol. The number of ether oxygens (including phenoxy) is 1. The number of hydrogen-bond donors (Lipinski definition) is 2. The first kappa shape index (κ1) is 17.9. The first-order valence-corrected chi connectivity index (χ1v) is 8.23. The third-order valence-electron chi connectivity index (χ3n) is 3.57. The Morgan fingerprint density at radius 3 is 2.31 bits per heavy atom. The number of nitrogens with one attached hydrogen (secondary N) is 2. The number of rotatable bonds is 6. The molecule has 0 saturated carbocycles. The Labute approximate surface area is 154 Å². The van der Waals surface area contributed by atoms with Crippen molar-refractivity contribution in [1.82, 2.24) is 5.32 Å². The second kappa shape index (κ2) is 8.44. The van der Waals surface area contributed by atoms with Crippen molar-refractivity contribution in [3.63, 3.8) is 0 Å². The minimum atomic E-state index is -2.85. The van der Waals surface area contributed by atoms with Gasteiger partial charge in [-0.05, 0) is 54.2 Å². The maximum atomic E-state index is 12.2. The summed E-state index contributed by atoms with van der Waals surface area (Å²) in [5.74, 6) is 0.809. The van der Waals surface area contributed by atoms with Gasteiger partial charge in [-0.3, -0.25) is 0 Å². The molecule has 2 aromatic carbocycles. The van der Waals surface area contributed by atoms with Gasteiger partial charge in [-0.1, -0.05) is 30.3 Å². The molecule has 0 aliphatic heterocycles. The summed E-state index contributed by atoms with van der Waals surface area (Å²) in [4.78, 5) is 0. The van der Waals surface area contributed by atoms with Gasteiger partial charge < -0.3 is 19.8 Å². The fraction of sp³-hybridized carbons (Fsp3) is 0.105. The molecular weight excluding hydrogens is 358 g/mol. The monoisotopic (exact) mass is 374 g/mol. The summed E-state index contributed by atoms with van der Waals surface area (Å²) in [6.07, 6.45) is 1.60. The Morgan fingerprint density at radius 2 is 1.69 bits per heavy atom. The first-order valence-electron chi connectivity index (χ1n) is 7.82. The number of benzene rings is 2. The van der Waals surface area contributed by atoms with Crippen molar-refractivity contribution in [1.29, 1.82) is 0 Å². The molecule has 0 aliphatic carbocycles. The van der Waals surface area contributed by atoms with Gasteiger partial charge in [0.05, 0.1) is 6.26 Å². The lowest BCUT2D eigenvalue weighted by molar-refractivity contribution is -0.0498. The molecular formula is C19H16F2N2O2S. The van der Waals surface area contributed by atoms with Crippen LogP contribution >= 0.6 is 12.2 Å². The van der Waals surface area contributed by atoms with Crippen LogP contribution in [-0.4, -0.2) is 11.7 Å². The van der Waals surface area contributed by atoms with E-state index < -0.39 is 6.61 Å². The zero-order valence-corrected chi connectivity index (χ0v) is 14.4. The van der Waals surface area contributed by atoms with Crippen molar-refractivity contribution in [2.45, 2.75) is 12.7 Å². The predicted molar refractivity (Wildman–Crippen MR) is 99.4 cm³/mol. The standard InChI is InChI=1S/C19H16F2N2O2S/c20-18(21)25-15-10-8-14(9-11-15)22-19(26)23-17(16-7-4-12-24-16)13-5-2-1-3-6-13/h1-12,17-18H,(H2,22,23,26)/t17-/m0/s1. The van der Waals surface area contributed by atoms with Crippen LogP contribution in [0.2, 0.25) is 0 Å². The van der Waals surface area contributed by atoms with E-state index in [0.29, 0.717) is 10.8 Å². The maximum absolute atomic E-state index is 12.2. The second-order valence-electron chi connectivity index (χ2n) is 5.36. The summed E-state index contributed by atoms with van der Waals surface area (Å²) in [5, 5.41) is 6.60. The molecule has 0 spiro atoms. The van der Waals surface area contributed by atoms with E-state index in [0.717, 1.165) is 11.3 Å². The molecule has 1 heterocycles. The molecule has 7 heteroatoms. The van der Waals surface area contributed by atoms with Crippen LogP contribution in [-0.2, 0) is 0 Å². The van der Waals surface area contributed by atoms with E-state index in [9.17, 15) is 8.78 Å². The molecule has 3 aromatic rings. The largest absolute Gasteiger partial charge is 0.467 e. The van der Waals surface area contributed by atoms with Crippen LogP contribution in [0.3, 0.4) is 0 Å². The maximum Gasteiger partial charge on any atom is 0.387 e. The zero-order valence-electron chi connectivity index (χ0n) is 13.6. The Morgan fingerprint density at radius 1 is 0.962 bits per heavy atom. The van der Waals surface area contributed by atoms with Gasteiger partial charge in [0.15, 0.2) is 5.11 Å². The Bertz CT molecular complexity index is 825. The molecule has 134 valence electrons. The number of anilines is 1. The normalized spacial score (nSPS) is 11.8. The molecule has 0 fully saturated rings. The van der Waals surface area contributed by atoms with E-state index in [1.54, 1.807) is 18.4 Å². The second-order valence-corrected chi connectivity index (χ2v) is 5.77. The summed E-state index contributed by atoms with van der Waals surface area (Å²) in [6, 6.07) is 19.3. The van der Waals surface area contributed by atoms with Crippen LogP contribution in [0.4, 0.5) is 14.5 Å². The number of alkyl halides is 2. The first-order chi connectivity index (χ1) is 12.6. The van der Waals surface area contributed by atoms with E-state index >= 15 is 0 Å². The lowest BCUT2D eigenvalue weighted by atomic mass is 10.1. The Kier molecular flexibility index (Phi) is 5.80. The lowest BCUT2D eigenvalue weighted by Gasteiger charge is -2.19. The van der Waals surface area contributed by atoms with Gasteiger partial charge in [0, 0.05) is 5.69 Å². The highest BCUT2D eigenvalue weighted by Crippen LogP contribution is 2.23. The van der Waals surface area contributed by atoms with Crippen LogP contribution < -0.4 is 15.4 Å². The minimum Gasteiger partial charge on any atom is -0.467 e. The smallest absolute Gasteiger partial charge is 0.387 e. The van der Waals surface area contributed by atoms with Crippen LogP contribution in [0.25, 0.3) is 0 Å². The van der Waals surface area contributed by atoms with Crippen molar-refractivity contribution in [2.24, 2.45) is 0 Å². The molecule has 1 atom stereocenters. The fourth-order valence-corrected chi connectivity index (χ4v) is 2.67. The highest BCUT2D eigenvalue weighted by molar-refractivity contribution is 7.80. The molecule has 1 aromatic heterocycles. The van der Waals surface area contributed by atoms with Crippen LogP contribution in [0.15, 0.2) is 77.4 Å². The third kappa shape index (κ3) is 4.80. The fourth-order valence-electron chi connectivity index (χ4n) is 2.44. The molecule has 0 saturated heterocycles. The molecule has 3 rings (SSSR count). The predicted octanol–water partition coefficient (Wildman–Crippen LogP) is 4.96. The van der Waals surface area contributed by atoms with Gasteiger partial charge in [0.25, 0.3) is 0 Å². The van der Waals surface area contributed by atoms with Crippen molar-refractivity contribution in [3.05, 3.63) is 84.3 Å². The van der Waals surface area contributed by atoms with Crippen molar-refractivity contribution in [2.75, 3.05) is 5.32 Å². The molecule has 4 nitrogen and oxygen atoms in total. The third-order valence-corrected chi connectivity index (χ3v) is 3.79. The van der Waals surface area contributed by atoms with Gasteiger partial charge in [0.1, 0.15) is 17.6 Å². The van der Waals surface area contributed by atoms with Gasteiger partial charge in [-0.15, -0.1) is 0 Å². The Balaban J connectivity index is 1.68.